The third-order valence-corrected chi connectivity index (χ3v) is 7.87. The predicted octanol–water partition coefficient (Wildman–Crippen LogP) is 2.74. The molecule has 2 fully saturated rings. The van der Waals surface area contributed by atoms with Gasteiger partial charge in [0.15, 0.2) is 0 Å². The molecular formula is C30H39FN4O4. The number of hydrogen-bond donors (Lipinski definition) is 2. The van der Waals surface area contributed by atoms with E-state index in [9.17, 15) is 18.8 Å². The summed E-state index contributed by atoms with van der Waals surface area (Å²) in [5.41, 5.74) is 6.97. The van der Waals surface area contributed by atoms with Crippen LogP contribution in [0.1, 0.15) is 49.3 Å². The minimum atomic E-state index is -1.18. The highest BCUT2D eigenvalue weighted by atomic mass is 19.1. The zero-order valence-corrected chi connectivity index (χ0v) is 23.2. The number of halogens is 1. The highest BCUT2D eigenvalue weighted by Crippen LogP contribution is 2.49. The molecule has 0 aliphatic carbocycles. The number of nitrogens with two attached hydrogens (primary N) is 1. The fourth-order valence-electron chi connectivity index (χ4n) is 5.63. The van der Waals surface area contributed by atoms with E-state index < -0.39 is 22.9 Å². The minimum Gasteiger partial charge on any atom is -0.374 e. The van der Waals surface area contributed by atoms with E-state index in [0.29, 0.717) is 25.9 Å². The molecule has 2 saturated heterocycles. The molecule has 0 aromatic heterocycles. The molecule has 1 spiro atoms. The van der Waals surface area contributed by atoms with Gasteiger partial charge >= 0.3 is 0 Å². The Balaban J connectivity index is 1.54. The molecule has 2 aliphatic heterocycles. The molecule has 0 saturated carbocycles. The maximum absolute atomic E-state index is 13.9. The van der Waals surface area contributed by atoms with E-state index in [1.807, 2.05) is 31.2 Å². The molecule has 8 nitrogen and oxygen atoms in total. The number of hydrogen-bond acceptors (Lipinski definition) is 5. The lowest BCUT2D eigenvalue weighted by molar-refractivity contribution is -0.147. The van der Waals surface area contributed by atoms with Gasteiger partial charge in [-0.2, -0.15) is 0 Å². The number of likely N-dealkylation sites (tertiary alicyclic amines) is 2. The summed E-state index contributed by atoms with van der Waals surface area (Å²) < 4.78 is 19.5. The first-order chi connectivity index (χ1) is 18.4. The van der Waals surface area contributed by atoms with Crippen LogP contribution in [0.2, 0.25) is 0 Å². The number of carbonyl (C=O) groups excluding carboxylic acids is 3. The van der Waals surface area contributed by atoms with Crippen LogP contribution in [0.25, 0.3) is 0 Å². The van der Waals surface area contributed by atoms with Crippen molar-refractivity contribution >= 4 is 17.7 Å². The Hall–Kier alpha value is -3.30. The van der Waals surface area contributed by atoms with E-state index in [-0.39, 0.29) is 43.3 Å². The van der Waals surface area contributed by atoms with E-state index in [1.54, 1.807) is 42.8 Å². The highest BCUT2D eigenvalue weighted by molar-refractivity contribution is 5.92. The second-order valence-corrected chi connectivity index (χ2v) is 11.6. The fraction of sp³-hybridized carbons (Fsp3) is 0.500. The molecule has 9 heteroatoms. The lowest BCUT2D eigenvalue weighted by Crippen LogP contribution is -2.60. The Morgan fingerprint density at radius 1 is 1.18 bits per heavy atom. The van der Waals surface area contributed by atoms with Crippen molar-refractivity contribution in [1.29, 1.82) is 0 Å². The monoisotopic (exact) mass is 538 g/mol. The maximum atomic E-state index is 13.9. The summed E-state index contributed by atoms with van der Waals surface area (Å²) >= 11 is 0. The zero-order chi connectivity index (χ0) is 28.4. The van der Waals surface area contributed by atoms with Crippen molar-refractivity contribution in [2.24, 2.45) is 11.1 Å². The van der Waals surface area contributed by atoms with Crippen molar-refractivity contribution in [1.82, 2.24) is 15.1 Å². The number of amides is 3. The molecule has 3 atom stereocenters. The molecule has 2 heterocycles. The smallest absolute Gasteiger partial charge is 0.247 e. The number of benzene rings is 2. The highest BCUT2D eigenvalue weighted by Gasteiger charge is 2.55. The SMILES string of the molecule is Cc1ccc(COC[C@@H](NC(=O)C(C)(C)N)C(=O)N2CCCC3(C2)C(=O)N(C)CC3c2ccc(F)cc2)cc1. The molecule has 4 rings (SSSR count). The largest absolute Gasteiger partial charge is 0.374 e. The quantitative estimate of drug-likeness (QED) is 0.538. The average molecular weight is 539 g/mol. The summed E-state index contributed by atoms with van der Waals surface area (Å²) in [4.78, 5) is 43.6. The van der Waals surface area contributed by atoms with Gasteiger partial charge in [0.05, 0.1) is 24.2 Å². The van der Waals surface area contributed by atoms with Crippen LogP contribution >= 0.6 is 0 Å². The number of carbonyl (C=O) groups is 3. The van der Waals surface area contributed by atoms with E-state index >= 15 is 0 Å². The van der Waals surface area contributed by atoms with E-state index in [1.165, 1.54) is 12.1 Å². The van der Waals surface area contributed by atoms with Crippen molar-refractivity contribution in [3.63, 3.8) is 0 Å². The standard InChI is InChI=1S/C30H39FN4O4/c1-20-6-8-21(9-7-20)17-39-18-25(33-27(37)29(2,3)32)26(36)35-15-5-14-30(19-35)24(16-34(4)28(30)38)22-10-12-23(31)13-11-22/h6-13,24-25H,5,14-19,32H2,1-4H3,(H,33,37)/t24?,25-,30?/m1/s1. The Bertz CT molecular complexity index is 1190. The van der Waals surface area contributed by atoms with Crippen LogP contribution in [0.4, 0.5) is 4.39 Å². The Kier molecular flexibility index (Phi) is 8.42. The van der Waals surface area contributed by atoms with Gasteiger partial charge in [-0.05, 0) is 56.9 Å². The number of nitrogens with zero attached hydrogens (tertiary/aromatic N) is 2. The van der Waals surface area contributed by atoms with Gasteiger partial charge < -0.3 is 25.6 Å². The Labute approximate surface area is 229 Å². The van der Waals surface area contributed by atoms with Gasteiger partial charge in [0.1, 0.15) is 11.9 Å². The molecular weight excluding hydrogens is 499 g/mol. The summed E-state index contributed by atoms with van der Waals surface area (Å²) in [6.07, 6.45) is 1.26. The summed E-state index contributed by atoms with van der Waals surface area (Å²) in [5.74, 6) is -1.31. The number of likely N-dealkylation sites (N-methyl/N-ethyl adjacent to an activating group) is 1. The van der Waals surface area contributed by atoms with Gasteiger partial charge in [-0.3, -0.25) is 14.4 Å². The van der Waals surface area contributed by atoms with Crippen LogP contribution in [-0.2, 0) is 25.7 Å². The van der Waals surface area contributed by atoms with E-state index in [0.717, 1.165) is 16.7 Å². The van der Waals surface area contributed by atoms with Crippen molar-refractivity contribution in [2.75, 3.05) is 33.3 Å². The molecule has 210 valence electrons. The number of ether oxygens (including phenoxy) is 1. The van der Waals surface area contributed by atoms with Gasteiger partial charge in [0.25, 0.3) is 0 Å². The number of rotatable bonds is 8. The zero-order valence-electron chi connectivity index (χ0n) is 23.2. The molecule has 0 bridgehead atoms. The second kappa shape index (κ2) is 11.4. The summed E-state index contributed by atoms with van der Waals surface area (Å²) in [6, 6.07) is 13.2. The lowest BCUT2D eigenvalue weighted by Gasteiger charge is -2.43. The van der Waals surface area contributed by atoms with E-state index in [2.05, 4.69) is 5.32 Å². The number of piperidine rings is 1. The number of aryl methyl sites for hydroxylation is 1. The van der Waals surface area contributed by atoms with Crippen LogP contribution in [0.5, 0.6) is 0 Å². The van der Waals surface area contributed by atoms with Crippen molar-refractivity contribution in [2.45, 2.75) is 57.7 Å². The first-order valence-corrected chi connectivity index (χ1v) is 13.4. The molecule has 3 N–H and O–H groups in total. The Morgan fingerprint density at radius 2 is 1.85 bits per heavy atom. The molecule has 2 aliphatic rings. The molecule has 2 unspecified atom stereocenters. The predicted molar refractivity (Wildman–Crippen MR) is 146 cm³/mol. The van der Waals surface area contributed by atoms with E-state index in [4.69, 9.17) is 10.5 Å². The van der Waals surface area contributed by atoms with Crippen molar-refractivity contribution < 1.29 is 23.5 Å². The average Bonchev–Trinajstić information content (AvgIpc) is 3.13. The molecule has 0 radical (unpaired) electrons. The number of nitrogens with one attached hydrogen (secondary N) is 1. The normalized spacial score (nSPS) is 22.3. The van der Waals surface area contributed by atoms with Gasteiger partial charge in [-0.15, -0.1) is 0 Å². The molecule has 39 heavy (non-hydrogen) atoms. The van der Waals surface area contributed by atoms with Gasteiger partial charge in [-0.1, -0.05) is 42.0 Å². The topological polar surface area (TPSA) is 105 Å². The fourth-order valence-corrected chi connectivity index (χ4v) is 5.63. The van der Waals surface area contributed by atoms with Crippen LogP contribution in [0.15, 0.2) is 48.5 Å². The van der Waals surface area contributed by atoms with Crippen LogP contribution in [0.3, 0.4) is 0 Å². The first kappa shape index (κ1) is 28.7. The first-order valence-electron chi connectivity index (χ1n) is 13.4. The Morgan fingerprint density at radius 3 is 2.49 bits per heavy atom. The third-order valence-electron chi connectivity index (χ3n) is 7.87. The summed E-state index contributed by atoms with van der Waals surface area (Å²) in [6.45, 7) is 6.58. The molecule has 2 aromatic rings. The lowest BCUT2D eigenvalue weighted by atomic mass is 9.69. The third kappa shape index (κ3) is 6.31. The maximum Gasteiger partial charge on any atom is 0.247 e. The van der Waals surface area contributed by atoms with Gasteiger partial charge in [0.2, 0.25) is 17.7 Å². The van der Waals surface area contributed by atoms with Crippen molar-refractivity contribution in [3.05, 3.63) is 71.0 Å². The molecule has 3 amide bonds. The van der Waals surface area contributed by atoms with Crippen LogP contribution < -0.4 is 11.1 Å². The van der Waals surface area contributed by atoms with Gasteiger partial charge in [0, 0.05) is 32.6 Å². The van der Waals surface area contributed by atoms with Gasteiger partial charge in [-0.25, -0.2) is 4.39 Å². The second-order valence-electron chi connectivity index (χ2n) is 11.6. The molecule has 2 aromatic carbocycles. The van der Waals surface area contributed by atoms with Crippen molar-refractivity contribution in [3.8, 4) is 0 Å². The summed E-state index contributed by atoms with van der Waals surface area (Å²) in [5, 5.41) is 2.78. The minimum absolute atomic E-state index is 0.0198. The summed E-state index contributed by atoms with van der Waals surface area (Å²) in [7, 11) is 1.76. The van der Waals surface area contributed by atoms with Crippen LogP contribution in [0, 0.1) is 18.2 Å². The van der Waals surface area contributed by atoms with Crippen LogP contribution in [-0.4, -0.2) is 72.4 Å².